The Morgan fingerprint density at radius 1 is 1.03 bits per heavy atom. The maximum Gasteiger partial charge on any atom is 0.508 e. The van der Waals surface area contributed by atoms with E-state index in [2.05, 4.69) is 66.5 Å². The van der Waals surface area contributed by atoms with Gasteiger partial charge in [0.25, 0.3) is 0 Å². The lowest BCUT2D eigenvalue weighted by atomic mass is 10.1. The van der Waals surface area contributed by atoms with Gasteiger partial charge in [0.2, 0.25) is 0 Å². The van der Waals surface area contributed by atoms with Crippen molar-refractivity contribution in [3.05, 3.63) is 62.0 Å². The first-order valence-corrected chi connectivity index (χ1v) is 12.7. The van der Waals surface area contributed by atoms with E-state index in [4.69, 9.17) is 9.84 Å². The Bertz CT molecular complexity index is 914. The number of anilines is 1. The number of halogens is 2. The van der Waals surface area contributed by atoms with E-state index >= 15 is 0 Å². The van der Waals surface area contributed by atoms with Crippen LogP contribution in [0, 0.1) is 13.8 Å². The second-order valence-corrected chi connectivity index (χ2v) is 8.93. The van der Waals surface area contributed by atoms with Gasteiger partial charge in [-0.1, -0.05) is 44.0 Å². The number of ether oxygens (including phenoxy) is 3. The number of benzene rings is 2. The number of aryl methyl sites for hydroxylation is 3. The molecule has 0 aromatic heterocycles. The summed E-state index contributed by atoms with van der Waals surface area (Å²) in [7, 11) is 0. The minimum Gasteiger partial charge on any atom is -0.447 e. The lowest BCUT2D eigenvalue weighted by Crippen LogP contribution is -2.23. The number of carbonyl (C=O) groups is 2. The number of aliphatic hydroxyl groups excluding tert-OH is 1. The quantitative estimate of drug-likeness (QED) is 0.376. The van der Waals surface area contributed by atoms with Crippen molar-refractivity contribution in [2.45, 2.75) is 40.5 Å². The van der Waals surface area contributed by atoms with Gasteiger partial charge in [-0.15, -0.1) is 0 Å². The van der Waals surface area contributed by atoms with Crippen LogP contribution in [0.5, 0.6) is 0 Å². The monoisotopic (exact) mass is 601 g/mol. The zero-order chi connectivity index (χ0) is 25.5. The predicted molar refractivity (Wildman–Crippen MR) is 141 cm³/mol. The van der Waals surface area contributed by atoms with E-state index in [1.54, 1.807) is 18.7 Å². The number of nitrogens with zero attached hydrogens (tertiary/aromatic N) is 1. The molecule has 0 unspecified atom stereocenters. The third kappa shape index (κ3) is 10.9. The summed E-state index contributed by atoms with van der Waals surface area (Å²) in [6.07, 6.45) is 0.966. The summed E-state index contributed by atoms with van der Waals surface area (Å²) in [6.45, 7) is 9.68. The summed E-state index contributed by atoms with van der Waals surface area (Å²) in [5.74, 6) is 0. The summed E-state index contributed by atoms with van der Waals surface area (Å²) < 4.78 is 15.9. The maximum atomic E-state index is 11.3. The number of amides is 1. The normalized spacial score (nSPS) is 12.1. The Kier molecular flexibility index (Phi) is 14.5. The Balaban J connectivity index is 0.000000266. The van der Waals surface area contributed by atoms with Crippen LogP contribution in [-0.4, -0.2) is 50.3 Å². The van der Waals surface area contributed by atoms with Gasteiger partial charge in [-0.3, -0.25) is 4.90 Å². The van der Waals surface area contributed by atoms with Gasteiger partial charge in [0, 0.05) is 21.2 Å². The molecule has 1 heterocycles. The van der Waals surface area contributed by atoms with Gasteiger partial charge < -0.3 is 19.3 Å². The molecule has 1 amide bonds. The van der Waals surface area contributed by atoms with E-state index in [1.807, 2.05) is 25.1 Å². The van der Waals surface area contributed by atoms with Crippen molar-refractivity contribution >= 4 is 49.8 Å². The third-order valence-electron chi connectivity index (χ3n) is 4.58. The van der Waals surface area contributed by atoms with Crippen LogP contribution in [-0.2, 0) is 20.6 Å². The average molecular weight is 603 g/mol. The lowest BCUT2D eigenvalue weighted by molar-refractivity contribution is 0.0630. The van der Waals surface area contributed by atoms with E-state index in [-0.39, 0.29) is 12.7 Å². The van der Waals surface area contributed by atoms with Gasteiger partial charge in [-0.25, -0.2) is 9.59 Å². The maximum absolute atomic E-state index is 11.3. The number of hydrogen-bond acceptors (Lipinski definition) is 6. The third-order valence-corrected chi connectivity index (χ3v) is 6.36. The summed E-state index contributed by atoms with van der Waals surface area (Å²) in [4.78, 5) is 23.1. The van der Waals surface area contributed by atoms with Crippen molar-refractivity contribution in [3.8, 4) is 0 Å². The molecule has 0 radical (unpaired) electrons. The van der Waals surface area contributed by atoms with Crippen LogP contribution in [0.25, 0.3) is 0 Å². The van der Waals surface area contributed by atoms with Crippen LogP contribution < -0.4 is 4.90 Å². The minimum absolute atomic E-state index is 0.258. The standard InChI is InChI=1S/C10H10BrNO2.C10H13BrO.C5H10O3/c1-7-6-8(2-3-9(7)11)12-4-5-14-10(12)13;1-8-7-9(3-2-6-12)4-5-10(8)11;1-3-7-5(6)8-4-2/h2-3,6H,4-5H2,1H3;4-5,7,12H,2-3,6H2,1H3;3-4H2,1-2H3. The highest BCUT2D eigenvalue weighted by Gasteiger charge is 2.23. The van der Waals surface area contributed by atoms with E-state index in [0.29, 0.717) is 26.4 Å². The fourth-order valence-corrected chi connectivity index (χ4v) is 3.34. The SMILES string of the molecule is CCOC(=O)OCC.Cc1cc(CCCO)ccc1Br.Cc1cc(N2CCOC2=O)ccc1Br. The fraction of sp³-hybridized carbons (Fsp3) is 0.440. The molecule has 1 aliphatic rings. The van der Waals surface area contributed by atoms with Gasteiger partial charge in [0.1, 0.15) is 6.61 Å². The van der Waals surface area contributed by atoms with Crippen LogP contribution in [0.1, 0.15) is 37.0 Å². The largest absolute Gasteiger partial charge is 0.508 e. The summed E-state index contributed by atoms with van der Waals surface area (Å²) >= 11 is 6.87. The number of carbonyl (C=O) groups excluding carboxylic acids is 2. The number of hydrogen-bond donors (Lipinski definition) is 1. The molecule has 2 aromatic rings. The molecule has 0 atom stereocenters. The van der Waals surface area contributed by atoms with Gasteiger partial charge >= 0.3 is 12.2 Å². The van der Waals surface area contributed by atoms with Crippen LogP contribution in [0.3, 0.4) is 0 Å². The number of rotatable bonds is 6. The Labute approximate surface area is 218 Å². The molecule has 7 nitrogen and oxygen atoms in total. The molecule has 0 bridgehead atoms. The van der Waals surface area contributed by atoms with Gasteiger partial charge in [-0.05, 0) is 81.5 Å². The second-order valence-electron chi connectivity index (χ2n) is 7.23. The van der Waals surface area contributed by atoms with E-state index < -0.39 is 6.16 Å². The van der Waals surface area contributed by atoms with E-state index in [1.165, 1.54) is 11.1 Å². The molecule has 188 valence electrons. The summed E-state index contributed by atoms with van der Waals surface area (Å²) in [5, 5.41) is 8.64. The molecule has 0 spiro atoms. The Morgan fingerprint density at radius 2 is 1.62 bits per heavy atom. The van der Waals surface area contributed by atoms with Crippen molar-refractivity contribution in [1.29, 1.82) is 0 Å². The van der Waals surface area contributed by atoms with Crippen molar-refractivity contribution in [2.75, 3.05) is 37.9 Å². The predicted octanol–water partition coefficient (Wildman–Crippen LogP) is 6.58. The number of cyclic esters (lactones) is 1. The molecule has 2 aromatic carbocycles. The zero-order valence-corrected chi connectivity index (χ0v) is 23.3. The highest BCUT2D eigenvalue weighted by Crippen LogP contribution is 2.24. The van der Waals surface area contributed by atoms with Crippen molar-refractivity contribution in [1.82, 2.24) is 0 Å². The minimum atomic E-state index is -0.588. The smallest absolute Gasteiger partial charge is 0.447 e. The molecule has 34 heavy (non-hydrogen) atoms. The highest BCUT2D eigenvalue weighted by molar-refractivity contribution is 9.10. The Morgan fingerprint density at radius 3 is 2.09 bits per heavy atom. The van der Waals surface area contributed by atoms with Crippen molar-refractivity contribution in [3.63, 3.8) is 0 Å². The van der Waals surface area contributed by atoms with Crippen molar-refractivity contribution < 1.29 is 28.9 Å². The molecule has 0 saturated carbocycles. The van der Waals surface area contributed by atoms with Crippen LogP contribution in [0.15, 0.2) is 45.3 Å². The second kappa shape index (κ2) is 16.5. The first-order chi connectivity index (χ1) is 16.2. The van der Waals surface area contributed by atoms with E-state index in [9.17, 15) is 9.59 Å². The van der Waals surface area contributed by atoms with E-state index in [0.717, 1.165) is 33.0 Å². The van der Waals surface area contributed by atoms with Gasteiger partial charge in [-0.2, -0.15) is 0 Å². The van der Waals surface area contributed by atoms with Gasteiger partial charge in [0.15, 0.2) is 0 Å². The first-order valence-electron chi connectivity index (χ1n) is 11.1. The van der Waals surface area contributed by atoms with Crippen LogP contribution in [0.4, 0.5) is 15.3 Å². The van der Waals surface area contributed by atoms with Crippen molar-refractivity contribution in [2.24, 2.45) is 0 Å². The summed E-state index contributed by atoms with van der Waals surface area (Å²) in [5.41, 5.74) is 4.56. The number of aliphatic hydroxyl groups is 1. The molecular weight excluding hydrogens is 570 g/mol. The Hall–Kier alpha value is -2.10. The molecule has 9 heteroatoms. The molecule has 1 fully saturated rings. The average Bonchev–Trinajstić information content (AvgIpc) is 3.23. The van der Waals surface area contributed by atoms with Crippen LogP contribution in [0.2, 0.25) is 0 Å². The molecule has 3 rings (SSSR count). The summed E-state index contributed by atoms with van der Waals surface area (Å²) in [6, 6.07) is 12.1. The van der Waals surface area contributed by atoms with Crippen LogP contribution >= 0.6 is 31.9 Å². The first kappa shape index (κ1) is 29.9. The molecule has 1 N–H and O–H groups in total. The molecule has 0 aliphatic carbocycles. The van der Waals surface area contributed by atoms with Gasteiger partial charge in [0.05, 0.1) is 19.8 Å². The lowest BCUT2D eigenvalue weighted by Gasteiger charge is -2.13. The zero-order valence-electron chi connectivity index (χ0n) is 20.1. The molecular formula is C25H33Br2NO6. The fourth-order valence-electron chi connectivity index (χ4n) is 2.85. The molecule has 1 saturated heterocycles. The topological polar surface area (TPSA) is 85.3 Å². The molecule has 1 aliphatic heterocycles. The highest BCUT2D eigenvalue weighted by atomic mass is 79.9.